The van der Waals surface area contributed by atoms with E-state index < -0.39 is 12.5 Å². The molecular weight excluding hydrogens is 158 g/mol. The van der Waals surface area contributed by atoms with Gasteiger partial charge in [-0.05, 0) is 6.42 Å². The van der Waals surface area contributed by atoms with Crippen LogP contribution in [-0.4, -0.2) is 35.3 Å². The topological polar surface area (TPSA) is 105 Å². The van der Waals surface area contributed by atoms with Gasteiger partial charge >= 0.3 is 0 Å². The fraction of sp³-hybridized carbons (Fsp3) is 1.00. The third-order valence-electron chi connectivity index (χ3n) is 1.64. The van der Waals surface area contributed by atoms with Gasteiger partial charge in [-0.1, -0.05) is 13.3 Å². The predicted octanol–water partition coefficient (Wildman–Crippen LogP) is -1.70. The number of nitrogens with two attached hydrogens (primary N) is 2. The van der Waals surface area contributed by atoms with E-state index in [1.165, 1.54) is 0 Å². The lowest BCUT2D eigenvalue weighted by Gasteiger charge is -2.23. The first-order chi connectivity index (χ1) is 5.61. The number of aliphatic hydroxyl groups excluding tert-OH is 2. The molecule has 0 heterocycles. The lowest BCUT2D eigenvalue weighted by molar-refractivity contribution is 0.0687. The molecule has 74 valence electrons. The van der Waals surface area contributed by atoms with Crippen LogP contribution < -0.4 is 16.8 Å². The second-order valence-corrected chi connectivity index (χ2v) is 2.80. The minimum absolute atomic E-state index is 0.118. The van der Waals surface area contributed by atoms with Crippen LogP contribution in [0.25, 0.3) is 0 Å². The first-order valence-electron chi connectivity index (χ1n) is 4.19. The second-order valence-electron chi connectivity index (χ2n) is 2.80. The van der Waals surface area contributed by atoms with Crippen LogP contribution in [0.4, 0.5) is 0 Å². The maximum atomic E-state index is 9.10. The molecule has 0 aromatic rings. The Bertz CT molecular complexity index is 111. The van der Waals surface area contributed by atoms with Crippen LogP contribution in [0.2, 0.25) is 0 Å². The number of aliphatic hydroxyl groups is 2. The van der Waals surface area contributed by atoms with Crippen molar-refractivity contribution in [3.63, 3.8) is 0 Å². The van der Waals surface area contributed by atoms with E-state index in [2.05, 4.69) is 5.32 Å². The van der Waals surface area contributed by atoms with Gasteiger partial charge in [0.25, 0.3) is 0 Å². The minimum Gasteiger partial charge on any atom is -0.377 e. The van der Waals surface area contributed by atoms with Crippen LogP contribution in [0.3, 0.4) is 0 Å². The molecule has 7 N–H and O–H groups in total. The monoisotopic (exact) mass is 177 g/mol. The summed E-state index contributed by atoms with van der Waals surface area (Å²) in [6, 6.07) is -0.284. The van der Waals surface area contributed by atoms with Crippen molar-refractivity contribution in [2.45, 2.75) is 38.3 Å². The Kier molecular flexibility index (Phi) is 6.23. The van der Waals surface area contributed by atoms with Gasteiger partial charge in [-0.15, -0.1) is 0 Å². The molecule has 0 aliphatic carbocycles. The molecule has 3 unspecified atom stereocenters. The highest BCUT2D eigenvalue weighted by Crippen LogP contribution is 1.99. The first kappa shape index (κ1) is 11.8. The van der Waals surface area contributed by atoms with Crippen LogP contribution in [0.15, 0.2) is 0 Å². The lowest BCUT2D eigenvalue weighted by Crippen LogP contribution is -2.51. The van der Waals surface area contributed by atoms with Crippen molar-refractivity contribution in [2.24, 2.45) is 11.5 Å². The van der Waals surface area contributed by atoms with E-state index in [9.17, 15) is 0 Å². The molecule has 0 aliphatic rings. The summed E-state index contributed by atoms with van der Waals surface area (Å²) in [5.41, 5.74) is 10.4. The summed E-state index contributed by atoms with van der Waals surface area (Å²) in [6.45, 7) is 2.10. The fourth-order valence-corrected chi connectivity index (χ4v) is 0.979. The molecule has 3 atom stereocenters. The molecule has 0 spiro atoms. The summed E-state index contributed by atoms with van der Waals surface area (Å²) in [7, 11) is 0. The zero-order valence-electron chi connectivity index (χ0n) is 7.40. The van der Waals surface area contributed by atoms with E-state index in [0.29, 0.717) is 6.42 Å². The zero-order valence-corrected chi connectivity index (χ0v) is 7.40. The predicted molar refractivity (Wildman–Crippen MR) is 47.1 cm³/mol. The van der Waals surface area contributed by atoms with Gasteiger partial charge in [-0.3, -0.25) is 5.32 Å². The average Bonchev–Trinajstić information content (AvgIpc) is 2.03. The molecule has 0 aromatic heterocycles. The van der Waals surface area contributed by atoms with Crippen LogP contribution >= 0.6 is 0 Å². The van der Waals surface area contributed by atoms with E-state index in [4.69, 9.17) is 21.7 Å². The third kappa shape index (κ3) is 4.63. The Morgan fingerprint density at radius 1 is 1.42 bits per heavy atom. The highest BCUT2D eigenvalue weighted by atomic mass is 16.3. The van der Waals surface area contributed by atoms with Crippen molar-refractivity contribution in [3.8, 4) is 0 Å². The molecule has 5 nitrogen and oxygen atoms in total. The van der Waals surface area contributed by atoms with Gasteiger partial charge in [0, 0.05) is 12.6 Å². The minimum atomic E-state index is -0.953. The number of hydrogen-bond acceptors (Lipinski definition) is 5. The highest BCUT2D eigenvalue weighted by molar-refractivity contribution is 4.72. The standard InChI is InChI=1S/C7H19N3O2/c1-2-3-5(7(9)12)10-6(11)4-8/h5-7,10-12H,2-4,8-9H2,1H3. The van der Waals surface area contributed by atoms with Gasteiger partial charge in [0.2, 0.25) is 0 Å². The first-order valence-corrected chi connectivity index (χ1v) is 4.19. The molecular formula is C7H19N3O2. The van der Waals surface area contributed by atoms with Crippen molar-refractivity contribution in [2.75, 3.05) is 6.54 Å². The summed E-state index contributed by atoms with van der Waals surface area (Å²) in [4.78, 5) is 0. The average molecular weight is 177 g/mol. The molecule has 0 bridgehead atoms. The Labute approximate surface area is 72.7 Å². The lowest BCUT2D eigenvalue weighted by atomic mass is 10.1. The summed E-state index contributed by atoms with van der Waals surface area (Å²) < 4.78 is 0. The van der Waals surface area contributed by atoms with Crippen molar-refractivity contribution in [1.29, 1.82) is 0 Å². The zero-order chi connectivity index (χ0) is 9.56. The van der Waals surface area contributed by atoms with E-state index >= 15 is 0 Å². The van der Waals surface area contributed by atoms with E-state index in [1.807, 2.05) is 6.92 Å². The molecule has 0 aliphatic heterocycles. The molecule has 5 heteroatoms. The number of hydrogen-bond donors (Lipinski definition) is 5. The molecule has 0 amide bonds. The molecule has 0 rings (SSSR count). The SMILES string of the molecule is CCCC(NC(O)CN)C(N)O. The Morgan fingerprint density at radius 3 is 2.33 bits per heavy atom. The van der Waals surface area contributed by atoms with Gasteiger partial charge in [0.15, 0.2) is 0 Å². The second kappa shape index (κ2) is 6.33. The molecule has 12 heavy (non-hydrogen) atoms. The van der Waals surface area contributed by atoms with Gasteiger partial charge in [0.05, 0.1) is 0 Å². The molecule has 0 aromatic carbocycles. The molecule has 0 saturated carbocycles. The maximum Gasteiger partial charge on any atom is 0.117 e. The van der Waals surface area contributed by atoms with Crippen LogP contribution in [0.5, 0.6) is 0 Å². The Morgan fingerprint density at radius 2 is 2.00 bits per heavy atom. The van der Waals surface area contributed by atoms with Crippen molar-refractivity contribution < 1.29 is 10.2 Å². The molecule has 0 fully saturated rings. The van der Waals surface area contributed by atoms with Gasteiger partial charge < -0.3 is 21.7 Å². The van der Waals surface area contributed by atoms with E-state index in [1.54, 1.807) is 0 Å². The van der Waals surface area contributed by atoms with E-state index in [0.717, 1.165) is 6.42 Å². The van der Waals surface area contributed by atoms with Gasteiger partial charge in [-0.25, -0.2) is 0 Å². The van der Waals surface area contributed by atoms with Crippen LogP contribution in [0.1, 0.15) is 19.8 Å². The summed E-state index contributed by atoms with van der Waals surface area (Å²) in [5, 5.41) is 20.9. The normalized spacial score (nSPS) is 18.8. The summed E-state index contributed by atoms with van der Waals surface area (Å²) in [5.74, 6) is 0. The summed E-state index contributed by atoms with van der Waals surface area (Å²) in [6.07, 6.45) is -0.135. The van der Waals surface area contributed by atoms with Crippen molar-refractivity contribution in [3.05, 3.63) is 0 Å². The smallest absolute Gasteiger partial charge is 0.117 e. The Balaban J connectivity index is 3.77. The quantitative estimate of drug-likeness (QED) is 0.311. The fourth-order valence-electron chi connectivity index (χ4n) is 0.979. The van der Waals surface area contributed by atoms with Crippen molar-refractivity contribution in [1.82, 2.24) is 5.32 Å². The summed E-state index contributed by atoms with van der Waals surface area (Å²) >= 11 is 0. The molecule has 0 radical (unpaired) electrons. The third-order valence-corrected chi connectivity index (χ3v) is 1.64. The number of rotatable bonds is 6. The largest absolute Gasteiger partial charge is 0.377 e. The Hall–Kier alpha value is -0.200. The van der Waals surface area contributed by atoms with Gasteiger partial charge in [0.1, 0.15) is 12.5 Å². The van der Waals surface area contributed by atoms with Gasteiger partial charge in [-0.2, -0.15) is 0 Å². The van der Waals surface area contributed by atoms with E-state index in [-0.39, 0.29) is 12.6 Å². The number of nitrogens with one attached hydrogen (secondary N) is 1. The molecule has 0 saturated heterocycles. The van der Waals surface area contributed by atoms with Crippen LogP contribution in [0, 0.1) is 0 Å². The maximum absolute atomic E-state index is 9.10. The van der Waals surface area contributed by atoms with Crippen molar-refractivity contribution >= 4 is 0 Å². The van der Waals surface area contributed by atoms with Crippen LogP contribution in [-0.2, 0) is 0 Å². The highest BCUT2D eigenvalue weighted by Gasteiger charge is 2.16.